The lowest BCUT2D eigenvalue weighted by molar-refractivity contribution is -0.384. The molecule has 0 fully saturated rings. The number of non-ortho nitro benzene ring substituents is 1. The second kappa shape index (κ2) is 4.63. The Balaban J connectivity index is 2.43. The Bertz CT molecular complexity index is 569. The molecule has 0 aromatic heterocycles. The van der Waals surface area contributed by atoms with E-state index in [0.29, 0.717) is 0 Å². The van der Waals surface area contributed by atoms with Gasteiger partial charge in [-0.05, 0) is 24.1 Å². The third-order valence-corrected chi connectivity index (χ3v) is 3.20. The van der Waals surface area contributed by atoms with Gasteiger partial charge in [-0.15, -0.1) is 12.3 Å². The quantitative estimate of drug-likeness (QED) is 0.504. The highest BCUT2D eigenvalue weighted by Crippen LogP contribution is 2.40. The zero-order chi connectivity index (χ0) is 13.3. The number of hydrogen-bond acceptors (Lipinski definition) is 3. The van der Waals surface area contributed by atoms with Gasteiger partial charge in [-0.3, -0.25) is 10.1 Å². The Labute approximate surface area is 105 Å². The minimum Gasteiger partial charge on any atom is -0.391 e. The molecule has 0 radical (unpaired) electrons. The van der Waals surface area contributed by atoms with Crippen molar-refractivity contribution in [1.82, 2.24) is 0 Å². The van der Waals surface area contributed by atoms with Gasteiger partial charge in [0, 0.05) is 24.5 Å². The van der Waals surface area contributed by atoms with E-state index in [2.05, 4.69) is 5.92 Å². The van der Waals surface area contributed by atoms with E-state index >= 15 is 0 Å². The van der Waals surface area contributed by atoms with E-state index in [9.17, 15) is 15.2 Å². The maximum atomic E-state index is 10.8. The highest BCUT2D eigenvalue weighted by molar-refractivity contribution is 5.68. The van der Waals surface area contributed by atoms with E-state index in [4.69, 9.17) is 6.42 Å². The van der Waals surface area contributed by atoms with Gasteiger partial charge < -0.3 is 5.11 Å². The molecule has 0 saturated heterocycles. The molecule has 92 valence electrons. The lowest BCUT2D eigenvalue weighted by Crippen LogP contribution is -2.17. The van der Waals surface area contributed by atoms with Gasteiger partial charge in [0.25, 0.3) is 5.69 Å². The van der Waals surface area contributed by atoms with Crippen molar-refractivity contribution in [3.05, 3.63) is 45.0 Å². The molecule has 0 bridgehead atoms. The summed E-state index contributed by atoms with van der Waals surface area (Å²) in [6, 6.07) is 4.70. The Kier molecular flexibility index (Phi) is 3.17. The van der Waals surface area contributed by atoms with Crippen LogP contribution < -0.4 is 0 Å². The molecule has 1 N–H and O–H groups in total. The first-order valence-corrected chi connectivity index (χ1v) is 5.62. The van der Waals surface area contributed by atoms with Crippen LogP contribution >= 0.6 is 0 Å². The van der Waals surface area contributed by atoms with Crippen LogP contribution in [0.15, 0.2) is 23.8 Å². The molecule has 1 aliphatic carbocycles. The van der Waals surface area contributed by atoms with Crippen molar-refractivity contribution in [2.24, 2.45) is 0 Å². The summed E-state index contributed by atoms with van der Waals surface area (Å²) in [5.74, 6) is 2.18. The van der Waals surface area contributed by atoms with Crippen LogP contribution in [0, 0.1) is 22.5 Å². The van der Waals surface area contributed by atoms with E-state index in [0.717, 1.165) is 16.7 Å². The first-order chi connectivity index (χ1) is 8.54. The van der Waals surface area contributed by atoms with Gasteiger partial charge in [0.15, 0.2) is 0 Å². The standard InChI is InChI=1S/C14H13NO3/c1-3-4-13(16)14-9(2)7-10-5-6-11(15(17)18)8-12(10)14/h1,5-8,13-14,16H,4H2,2H3. The minimum atomic E-state index is -0.700. The number of nitro benzene ring substituents is 1. The van der Waals surface area contributed by atoms with Crippen LogP contribution in [0.4, 0.5) is 5.69 Å². The molecular weight excluding hydrogens is 230 g/mol. The zero-order valence-corrected chi connectivity index (χ0v) is 9.96. The highest BCUT2D eigenvalue weighted by Gasteiger charge is 2.30. The monoisotopic (exact) mass is 243 g/mol. The van der Waals surface area contributed by atoms with Gasteiger partial charge in [-0.25, -0.2) is 0 Å². The Morgan fingerprint density at radius 2 is 2.33 bits per heavy atom. The minimum absolute atomic E-state index is 0.0368. The summed E-state index contributed by atoms with van der Waals surface area (Å²) in [6.45, 7) is 1.90. The normalized spacial score (nSPS) is 18.7. The molecule has 0 saturated carbocycles. The fourth-order valence-corrected chi connectivity index (χ4v) is 2.41. The number of rotatable bonds is 3. The van der Waals surface area contributed by atoms with E-state index in [1.807, 2.05) is 13.0 Å². The van der Waals surface area contributed by atoms with E-state index < -0.39 is 11.0 Å². The molecule has 0 spiro atoms. The van der Waals surface area contributed by atoms with Crippen LogP contribution in [0.3, 0.4) is 0 Å². The van der Waals surface area contributed by atoms with Gasteiger partial charge in [0.1, 0.15) is 0 Å². The third-order valence-electron chi connectivity index (χ3n) is 3.20. The van der Waals surface area contributed by atoms with E-state index in [1.54, 1.807) is 6.07 Å². The lowest BCUT2D eigenvalue weighted by Gasteiger charge is -2.19. The summed E-state index contributed by atoms with van der Waals surface area (Å²) in [5.41, 5.74) is 2.71. The number of aliphatic hydroxyl groups is 1. The predicted molar refractivity (Wildman–Crippen MR) is 68.9 cm³/mol. The number of aliphatic hydroxyl groups excluding tert-OH is 1. The summed E-state index contributed by atoms with van der Waals surface area (Å²) >= 11 is 0. The summed E-state index contributed by atoms with van der Waals surface area (Å²) in [6.07, 6.45) is 6.67. The first-order valence-electron chi connectivity index (χ1n) is 5.62. The average Bonchev–Trinajstić information content (AvgIpc) is 2.63. The molecular formula is C14H13NO3. The van der Waals surface area contributed by atoms with Crippen LogP contribution in [-0.4, -0.2) is 16.1 Å². The SMILES string of the molecule is C#CCC(O)C1C(C)=Cc2ccc([N+](=O)[O-])cc21. The number of benzene rings is 1. The topological polar surface area (TPSA) is 63.4 Å². The number of hydrogen-bond donors (Lipinski definition) is 1. The second-order valence-electron chi connectivity index (χ2n) is 4.41. The van der Waals surface area contributed by atoms with Crippen LogP contribution in [-0.2, 0) is 0 Å². The van der Waals surface area contributed by atoms with Crippen LogP contribution in [0.25, 0.3) is 6.08 Å². The van der Waals surface area contributed by atoms with Crippen molar-refractivity contribution in [2.45, 2.75) is 25.4 Å². The molecule has 1 aromatic rings. The first kappa shape index (κ1) is 12.3. The van der Waals surface area contributed by atoms with E-state index in [1.165, 1.54) is 12.1 Å². The van der Waals surface area contributed by atoms with Crippen molar-refractivity contribution < 1.29 is 10.0 Å². The van der Waals surface area contributed by atoms with Crippen LogP contribution in [0.1, 0.15) is 30.4 Å². The number of nitrogens with zero attached hydrogens (tertiary/aromatic N) is 1. The fourth-order valence-electron chi connectivity index (χ4n) is 2.41. The molecule has 1 aromatic carbocycles. The van der Waals surface area contributed by atoms with Gasteiger partial charge in [0.2, 0.25) is 0 Å². The maximum Gasteiger partial charge on any atom is 0.269 e. The van der Waals surface area contributed by atoms with Crippen molar-refractivity contribution in [2.75, 3.05) is 0 Å². The number of nitro groups is 1. The largest absolute Gasteiger partial charge is 0.391 e. The Hall–Kier alpha value is -2.12. The molecule has 0 heterocycles. The Morgan fingerprint density at radius 3 is 2.94 bits per heavy atom. The van der Waals surface area contributed by atoms with Crippen molar-refractivity contribution in [3.63, 3.8) is 0 Å². The zero-order valence-electron chi connectivity index (χ0n) is 9.96. The Morgan fingerprint density at radius 1 is 1.61 bits per heavy atom. The molecule has 0 amide bonds. The number of fused-ring (bicyclic) bond motifs is 1. The van der Waals surface area contributed by atoms with Crippen LogP contribution in [0.2, 0.25) is 0 Å². The second-order valence-corrected chi connectivity index (χ2v) is 4.41. The summed E-state index contributed by atoms with van der Waals surface area (Å²) < 4.78 is 0. The van der Waals surface area contributed by atoms with Gasteiger partial charge in [0.05, 0.1) is 11.0 Å². The van der Waals surface area contributed by atoms with Crippen molar-refractivity contribution >= 4 is 11.8 Å². The average molecular weight is 243 g/mol. The van der Waals surface area contributed by atoms with Crippen LogP contribution in [0.5, 0.6) is 0 Å². The molecule has 2 atom stereocenters. The third kappa shape index (κ3) is 2.01. The fraction of sp³-hybridized carbons (Fsp3) is 0.286. The van der Waals surface area contributed by atoms with Gasteiger partial charge in [-0.1, -0.05) is 11.6 Å². The molecule has 2 unspecified atom stereocenters. The summed E-state index contributed by atoms with van der Waals surface area (Å²) in [4.78, 5) is 10.3. The summed E-state index contributed by atoms with van der Waals surface area (Å²) in [7, 11) is 0. The molecule has 4 heteroatoms. The van der Waals surface area contributed by atoms with Gasteiger partial charge >= 0.3 is 0 Å². The lowest BCUT2D eigenvalue weighted by atomic mass is 9.89. The van der Waals surface area contributed by atoms with Crippen molar-refractivity contribution in [1.29, 1.82) is 0 Å². The predicted octanol–water partition coefficient (Wildman–Crippen LogP) is 2.48. The molecule has 18 heavy (non-hydrogen) atoms. The molecule has 2 rings (SSSR count). The number of terminal acetylenes is 1. The smallest absolute Gasteiger partial charge is 0.269 e. The molecule has 1 aliphatic rings. The summed E-state index contributed by atoms with van der Waals surface area (Å²) in [5, 5.41) is 20.8. The van der Waals surface area contributed by atoms with Crippen molar-refractivity contribution in [3.8, 4) is 12.3 Å². The molecule has 0 aliphatic heterocycles. The highest BCUT2D eigenvalue weighted by atomic mass is 16.6. The maximum absolute atomic E-state index is 10.8. The van der Waals surface area contributed by atoms with Gasteiger partial charge in [-0.2, -0.15) is 0 Å². The van der Waals surface area contributed by atoms with E-state index in [-0.39, 0.29) is 18.0 Å². The molecule has 4 nitrogen and oxygen atoms in total.